The quantitative estimate of drug-likeness (QED) is 0.430. The molecule has 3 aromatic rings. The smallest absolute Gasteiger partial charge is 0.243 e. The summed E-state index contributed by atoms with van der Waals surface area (Å²) >= 11 is 11.9. The van der Waals surface area contributed by atoms with Crippen LogP contribution in [0, 0.1) is 0 Å². The van der Waals surface area contributed by atoms with E-state index in [9.17, 15) is 21.6 Å². The number of rotatable bonds is 9. The molecule has 0 heterocycles. The Morgan fingerprint density at radius 1 is 0.824 bits per heavy atom. The van der Waals surface area contributed by atoms with Gasteiger partial charge >= 0.3 is 0 Å². The summed E-state index contributed by atoms with van der Waals surface area (Å²) in [5, 5.41) is 8.54. The molecule has 0 aliphatic rings. The lowest BCUT2D eigenvalue weighted by Gasteiger charge is -2.22. The number of benzene rings is 3. The fraction of sp³-hybridized carbons (Fsp3) is 0.136. The molecule has 1 amide bonds. The van der Waals surface area contributed by atoms with Gasteiger partial charge in [0.25, 0.3) is 0 Å². The number of amides is 1. The van der Waals surface area contributed by atoms with E-state index in [-0.39, 0.29) is 22.9 Å². The highest BCUT2D eigenvalue weighted by atomic mass is 35.5. The van der Waals surface area contributed by atoms with Crippen LogP contribution in [-0.4, -0.2) is 33.6 Å². The zero-order chi connectivity index (χ0) is 24.9. The van der Waals surface area contributed by atoms with Crippen molar-refractivity contribution in [2.45, 2.75) is 22.9 Å². The highest BCUT2D eigenvalue weighted by molar-refractivity contribution is 7.89. The van der Waals surface area contributed by atoms with E-state index in [0.717, 1.165) is 4.31 Å². The van der Waals surface area contributed by atoms with Gasteiger partial charge in [-0.05, 0) is 59.7 Å². The van der Waals surface area contributed by atoms with Crippen LogP contribution >= 0.6 is 23.2 Å². The van der Waals surface area contributed by atoms with Crippen LogP contribution in [0.15, 0.2) is 82.6 Å². The van der Waals surface area contributed by atoms with Crippen molar-refractivity contribution < 1.29 is 21.6 Å². The van der Waals surface area contributed by atoms with Crippen molar-refractivity contribution in [1.29, 1.82) is 0 Å². The monoisotopic (exact) mass is 541 g/mol. The largest absolute Gasteiger partial charge is 0.351 e. The first-order chi connectivity index (χ1) is 15.9. The molecule has 3 N–H and O–H groups in total. The number of nitrogens with two attached hydrogens (primary N) is 1. The van der Waals surface area contributed by atoms with Gasteiger partial charge in [-0.2, -0.15) is 4.31 Å². The summed E-state index contributed by atoms with van der Waals surface area (Å²) in [6.45, 7) is -0.468. The van der Waals surface area contributed by atoms with Crippen molar-refractivity contribution >= 4 is 49.2 Å². The second-order valence-corrected chi connectivity index (χ2v) is 11.7. The van der Waals surface area contributed by atoms with E-state index >= 15 is 0 Å². The lowest BCUT2D eigenvalue weighted by Crippen LogP contribution is -2.40. The van der Waals surface area contributed by atoms with Crippen molar-refractivity contribution in [2.24, 2.45) is 5.14 Å². The van der Waals surface area contributed by atoms with Crippen LogP contribution < -0.4 is 10.5 Å². The van der Waals surface area contributed by atoms with Gasteiger partial charge in [-0.25, -0.2) is 22.0 Å². The second-order valence-electron chi connectivity index (χ2n) is 7.32. The van der Waals surface area contributed by atoms with E-state index < -0.39 is 32.5 Å². The Morgan fingerprint density at radius 3 is 2.03 bits per heavy atom. The molecule has 3 aromatic carbocycles. The van der Waals surface area contributed by atoms with Gasteiger partial charge in [0, 0.05) is 23.1 Å². The third kappa shape index (κ3) is 7.02. The molecule has 0 aliphatic carbocycles. The van der Waals surface area contributed by atoms with Crippen molar-refractivity contribution in [3.05, 3.63) is 94.0 Å². The Kier molecular flexibility index (Phi) is 8.34. The van der Waals surface area contributed by atoms with E-state index in [2.05, 4.69) is 5.32 Å². The molecule has 12 heteroatoms. The molecule has 34 heavy (non-hydrogen) atoms. The van der Waals surface area contributed by atoms with Crippen molar-refractivity contribution in [2.75, 3.05) is 6.54 Å². The van der Waals surface area contributed by atoms with E-state index in [1.165, 1.54) is 48.5 Å². The lowest BCUT2D eigenvalue weighted by atomic mass is 10.2. The maximum Gasteiger partial charge on any atom is 0.243 e. The molecule has 0 bridgehead atoms. The molecular formula is C22H21Cl2N3O5S2. The molecule has 0 saturated carbocycles. The van der Waals surface area contributed by atoms with Crippen LogP contribution in [0.2, 0.25) is 10.0 Å². The number of nitrogens with one attached hydrogen (secondary N) is 1. The Balaban J connectivity index is 1.77. The highest BCUT2D eigenvalue weighted by Crippen LogP contribution is 2.21. The molecule has 0 saturated heterocycles. The van der Waals surface area contributed by atoms with Gasteiger partial charge < -0.3 is 5.32 Å². The van der Waals surface area contributed by atoms with Gasteiger partial charge in [-0.3, -0.25) is 4.79 Å². The zero-order valence-corrected chi connectivity index (χ0v) is 20.8. The number of carbonyl (C=O) groups excluding carboxylic acids is 1. The zero-order valence-electron chi connectivity index (χ0n) is 17.7. The average molecular weight is 542 g/mol. The standard InChI is InChI=1S/C22H21Cl2N3O5S2/c23-18-6-10-21(11-7-18)34(31,32)27(14-17-2-1-3-19(24)12-17)15-22(28)26-13-16-4-8-20(9-5-16)33(25,29)30/h1-12H,13-15H2,(H,26,28)(H2,25,29,30). The molecule has 0 radical (unpaired) electrons. The van der Waals surface area contributed by atoms with E-state index in [0.29, 0.717) is 21.2 Å². The van der Waals surface area contributed by atoms with Crippen LogP contribution in [0.1, 0.15) is 11.1 Å². The summed E-state index contributed by atoms with van der Waals surface area (Å²) < 4.78 is 50.3. The molecule has 0 unspecified atom stereocenters. The Morgan fingerprint density at radius 2 is 1.44 bits per heavy atom. The lowest BCUT2D eigenvalue weighted by molar-refractivity contribution is -0.121. The third-order valence-corrected chi connectivity index (χ3v) is 7.98. The van der Waals surface area contributed by atoms with Crippen LogP contribution in [0.5, 0.6) is 0 Å². The molecule has 3 rings (SSSR count). The van der Waals surface area contributed by atoms with Gasteiger partial charge in [0.2, 0.25) is 26.0 Å². The summed E-state index contributed by atoms with van der Waals surface area (Å²) in [5.41, 5.74) is 1.22. The van der Waals surface area contributed by atoms with Crippen LogP contribution in [-0.2, 0) is 37.9 Å². The minimum atomic E-state index is -4.04. The minimum absolute atomic E-state index is 0.00897. The maximum absolute atomic E-state index is 13.3. The summed E-state index contributed by atoms with van der Waals surface area (Å²) in [4.78, 5) is 12.6. The molecule has 0 atom stereocenters. The van der Waals surface area contributed by atoms with E-state index in [1.807, 2.05) is 0 Å². The number of carbonyl (C=O) groups is 1. The van der Waals surface area contributed by atoms with Gasteiger partial charge in [-0.1, -0.05) is 47.5 Å². The number of hydrogen-bond acceptors (Lipinski definition) is 5. The molecule has 0 spiro atoms. The van der Waals surface area contributed by atoms with Crippen molar-refractivity contribution in [1.82, 2.24) is 9.62 Å². The third-order valence-electron chi connectivity index (χ3n) is 4.76. The number of halogens is 2. The topological polar surface area (TPSA) is 127 Å². The number of sulfonamides is 2. The van der Waals surface area contributed by atoms with E-state index in [4.69, 9.17) is 28.3 Å². The normalized spacial score (nSPS) is 12.0. The number of hydrogen-bond donors (Lipinski definition) is 2. The second kappa shape index (κ2) is 10.9. The van der Waals surface area contributed by atoms with Gasteiger partial charge in [0.15, 0.2) is 0 Å². The first-order valence-corrected chi connectivity index (χ1v) is 13.6. The number of primary sulfonamides is 1. The van der Waals surface area contributed by atoms with Crippen molar-refractivity contribution in [3.63, 3.8) is 0 Å². The first-order valence-electron chi connectivity index (χ1n) is 9.84. The van der Waals surface area contributed by atoms with Crippen molar-refractivity contribution in [3.8, 4) is 0 Å². The minimum Gasteiger partial charge on any atom is -0.351 e. The summed E-state index contributed by atoms with van der Waals surface area (Å²) in [6, 6.07) is 18.0. The van der Waals surface area contributed by atoms with Gasteiger partial charge in [0.05, 0.1) is 16.3 Å². The summed E-state index contributed by atoms with van der Waals surface area (Å²) in [6.07, 6.45) is 0. The first kappa shape index (κ1) is 26.1. The molecule has 0 aromatic heterocycles. The Bertz CT molecular complexity index is 1380. The molecule has 180 valence electrons. The average Bonchev–Trinajstić information content (AvgIpc) is 2.77. The predicted octanol–water partition coefficient (Wildman–Crippen LogP) is 3.15. The van der Waals surface area contributed by atoms with E-state index in [1.54, 1.807) is 24.3 Å². The Hall–Kier alpha value is -2.47. The fourth-order valence-corrected chi connectivity index (χ4v) is 5.27. The highest BCUT2D eigenvalue weighted by Gasteiger charge is 2.27. The number of nitrogens with zero attached hydrogens (tertiary/aromatic N) is 1. The molecule has 0 fully saturated rings. The van der Waals surface area contributed by atoms with Gasteiger partial charge in [0.1, 0.15) is 0 Å². The predicted molar refractivity (Wildman–Crippen MR) is 130 cm³/mol. The molecule has 8 nitrogen and oxygen atoms in total. The molecule has 0 aliphatic heterocycles. The van der Waals surface area contributed by atoms with Crippen LogP contribution in [0.4, 0.5) is 0 Å². The maximum atomic E-state index is 13.3. The van der Waals surface area contributed by atoms with Crippen LogP contribution in [0.3, 0.4) is 0 Å². The summed E-state index contributed by atoms with van der Waals surface area (Å²) in [7, 11) is -7.86. The SMILES string of the molecule is NS(=O)(=O)c1ccc(CNC(=O)CN(Cc2cccc(Cl)c2)S(=O)(=O)c2ccc(Cl)cc2)cc1. The van der Waals surface area contributed by atoms with Gasteiger partial charge in [-0.15, -0.1) is 0 Å². The molecular weight excluding hydrogens is 521 g/mol. The summed E-state index contributed by atoms with van der Waals surface area (Å²) in [5.74, 6) is -0.546. The van der Waals surface area contributed by atoms with Crippen LogP contribution in [0.25, 0.3) is 0 Å². The fourth-order valence-electron chi connectivity index (χ4n) is 3.03. The Labute approximate surface area is 208 Å².